The van der Waals surface area contributed by atoms with Gasteiger partial charge in [-0.25, -0.2) is 0 Å². The second-order valence-corrected chi connectivity index (χ2v) is 13.0. The van der Waals surface area contributed by atoms with Crippen molar-refractivity contribution in [2.24, 2.45) is 5.41 Å². The topological polar surface area (TPSA) is 0 Å². The van der Waals surface area contributed by atoms with Gasteiger partial charge in [-0.2, -0.15) is 0 Å². The van der Waals surface area contributed by atoms with Crippen molar-refractivity contribution in [1.29, 1.82) is 0 Å². The van der Waals surface area contributed by atoms with E-state index in [0.29, 0.717) is 0 Å². The third-order valence-electron chi connectivity index (χ3n) is 5.36. The lowest BCUT2D eigenvalue weighted by Crippen LogP contribution is -2.21. The molecule has 0 N–H and O–H groups in total. The van der Waals surface area contributed by atoms with E-state index in [2.05, 4.69) is 148 Å². The van der Waals surface area contributed by atoms with Crippen molar-refractivity contribution in [1.82, 2.24) is 0 Å². The predicted molar refractivity (Wildman–Crippen MR) is 146 cm³/mol. The maximum Gasteiger partial charge on any atom is -0.0121 e. The molecule has 0 aliphatic rings. The number of allylic oxidation sites excluding steroid dienone is 1. The van der Waals surface area contributed by atoms with Crippen molar-refractivity contribution in [2.45, 2.75) is 20.8 Å². The molecular formula is C30H30P2. The molecule has 160 valence electrons. The zero-order chi connectivity index (χ0) is 22.4. The molecule has 0 saturated carbocycles. The molecule has 4 aromatic carbocycles. The van der Waals surface area contributed by atoms with Crippen LogP contribution in [0.4, 0.5) is 0 Å². The van der Waals surface area contributed by atoms with Crippen LogP contribution in [0.5, 0.6) is 0 Å². The second kappa shape index (κ2) is 10.4. The Hall–Kier alpha value is -2.52. The Morgan fingerprint density at radius 1 is 0.500 bits per heavy atom. The van der Waals surface area contributed by atoms with Crippen LogP contribution in [0.15, 0.2) is 132 Å². The minimum atomic E-state index is -0.638. The van der Waals surface area contributed by atoms with Gasteiger partial charge in [-0.3, -0.25) is 0 Å². The van der Waals surface area contributed by atoms with Crippen LogP contribution in [0.2, 0.25) is 0 Å². The first kappa shape index (κ1) is 22.7. The molecular weight excluding hydrogens is 422 g/mol. The molecule has 4 aromatic rings. The molecule has 0 bridgehead atoms. The fraction of sp³-hybridized carbons (Fsp3) is 0.133. The molecule has 0 aliphatic heterocycles. The van der Waals surface area contributed by atoms with Gasteiger partial charge in [0, 0.05) is 0 Å². The summed E-state index contributed by atoms with van der Waals surface area (Å²) in [7, 11) is -1.25. The van der Waals surface area contributed by atoms with Crippen LogP contribution in [-0.4, -0.2) is 0 Å². The Balaban J connectivity index is 1.94. The van der Waals surface area contributed by atoms with Gasteiger partial charge in [-0.15, -0.1) is 0 Å². The standard InChI is InChI=1S/C30H30P2/c1-30(2,3)29(32(27-20-12-6-13-21-27)28-22-14-7-15-23-28)24-31(25-16-8-4-9-17-25)26-18-10-5-11-19-26/h4-24H,1-3H3. The molecule has 0 spiro atoms. The molecule has 0 unspecified atom stereocenters. The lowest BCUT2D eigenvalue weighted by atomic mass is 9.97. The van der Waals surface area contributed by atoms with Crippen molar-refractivity contribution in [3.8, 4) is 0 Å². The van der Waals surface area contributed by atoms with Crippen LogP contribution in [0.25, 0.3) is 0 Å². The molecule has 0 nitrogen and oxygen atoms in total. The number of rotatable bonds is 6. The summed E-state index contributed by atoms with van der Waals surface area (Å²) >= 11 is 0. The Kier molecular flexibility index (Phi) is 7.36. The third kappa shape index (κ3) is 5.45. The highest BCUT2D eigenvalue weighted by Gasteiger charge is 2.29. The molecule has 2 heteroatoms. The summed E-state index contributed by atoms with van der Waals surface area (Å²) in [6.45, 7) is 7.09. The van der Waals surface area contributed by atoms with Gasteiger partial charge >= 0.3 is 0 Å². The van der Waals surface area contributed by atoms with Crippen molar-refractivity contribution < 1.29 is 0 Å². The molecule has 0 heterocycles. The highest BCUT2D eigenvalue weighted by molar-refractivity contribution is 7.80. The third-order valence-corrected chi connectivity index (χ3v) is 10.7. The van der Waals surface area contributed by atoms with Gasteiger partial charge in [0.05, 0.1) is 0 Å². The van der Waals surface area contributed by atoms with Gasteiger partial charge in [0.1, 0.15) is 0 Å². The number of hydrogen-bond acceptors (Lipinski definition) is 0. The Labute approximate surface area is 195 Å². The zero-order valence-electron chi connectivity index (χ0n) is 19.0. The summed E-state index contributed by atoms with van der Waals surface area (Å²) in [6.07, 6.45) is 0. The van der Waals surface area contributed by atoms with Gasteiger partial charge in [0.2, 0.25) is 0 Å². The van der Waals surface area contributed by atoms with E-state index in [4.69, 9.17) is 0 Å². The monoisotopic (exact) mass is 452 g/mol. The SMILES string of the molecule is CC(C)(C)C(=CP(c1ccccc1)c1ccccc1)P(c1ccccc1)c1ccccc1. The summed E-state index contributed by atoms with van der Waals surface area (Å²) < 4.78 is 0. The highest BCUT2D eigenvalue weighted by atomic mass is 31.1. The van der Waals surface area contributed by atoms with E-state index < -0.39 is 15.8 Å². The summed E-state index contributed by atoms with van der Waals surface area (Å²) in [5, 5.41) is 7.14. The average molecular weight is 453 g/mol. The fourth-order valence-electron chi connectivity index (χ4n) is 3.77. The minimum Gasteiger partial charge on any atom is -0.0622 e. The van der Waals surface area contributed by atoms with E-state index in [1.807, 2.05) is 0 Å². The summed E-state index contributed by atoms with van der Waals surface area (Å²) in [5.74, 6) is 2.62. The first-order valence-corrected chi connectivity index (χ1v) is 13.8. The van der Waals surface area contributed by atoms with E-state index in [1.54, 1.807) is 0 Å². The van der Waals surface area contributed by atoms with E-state index in [-0.39, 0.29) is 5.41 Å². The number of benzene rings is 4. The highest BCUT2D eigenvalue weighted by Crippen LogP contribution is 2.55. The molecule has 0 saturated heterocycles. The van der Waals surface area contributed by atoms with E-state index in [1.165, 1.54) is 26.5 Å². The van der Waals surface area contributed by atoms with Crippen molar-refractivity contribution in [2.75, 3.05) is 0 Å². The van der Waals surface area contributed by atoms with E-state index >= 15 is 0 Å². The molecule has 0 radical (unpaired) electrons. The van der Waals surface area contributed by atoms with Crippen molar-refractivity contribution in [3.05, 3.63) is 132 Å². The van der Waals surface area contributed by atoms with Gasteiger partial charge in [0.15, 0.2) is 0 Å². The quantitative estimate of drug-likeness (QED) is 0.273. The summed E-state index contributed by atoms with van der Waals surface area (Å²) in [4.78, 5) is 0. The largest absolute Gasteiger partial charge is 0.0622 e. The summed E-state index contributed by atoms with van der Waals surface area (Å²) in [6, 6.07) is 44.1. The van der Waals surface area contributed by atoms with E-state index in [9.17, 15) is 0 Å². The van der Waals surface area contributed by atoms with Gasteiger partial charge < -0.3 is 0 Å². The van der Waals surface area contributed by atoms with Crippen LogP contribution in [0, 0.1) is 5.41 Å². The second-order valence-electron chi connectivity index (χ2n) is 8.81. The van der Waals surface area contributed by atoms with Crippen LogP contribution in [0.3, 0.4) is 0 Å². The first-order valence-electron chi connectivity index (χ1n) is 11.1. The maximum atomic E-state index is 2.62. The van der Waals surface area contributed by atoms with Gasteiger partial charge in [-0.05, 0) is 53.6 Å². The Morgan fingerprint density at radius 2 is 0.812 bits per heavy atom. The molecule has 0 aliphatic carbocycles. The smallest absolute Gasteiger partial charge is 0.0121 e. The van der Waals surface area contributed by atoms with Crippen molar-refractivity contribution in [3.63, 3.8) is 0 Å². The lowest BCUT2D eigenvalue weighted by Gasteiger charge is -2.33. The van der Waals surface area contributed by atoms with Crippen LogP contribution < -0.4 is 21.2 Å². The minimum absolute atomic E-state index is 0.0432. The van der Waals surface area contributed by atoms with Crippen molar-refractivity contribution >= 4 is 37.1 Å². The molecule has 0 atom stereocenters. The normalized spacial score (nSPS) is 12.3. The Morgan fingerprint density at radius 3 is 1.12 bits per heavy atom. The molecule has 0 fully saturated rings. The van der Waals surface area contributed by atoms with E-state index in [0.717, 1.165) is 0 Å². The van der Waals surface area contributed by atoms with Gasteiger partial charge in [0.25, 0.3) is 0 Å². The van der Waals surface area contributed by atoms with Crippen LogP contribution in [-0.2, 0) is 0 Å². The average Bonchev–Trinajstić information content (AvgIpc) is 2.83. The maximum absolute atomic E-state index is 2.62. The first-order chi connectivity index (χ1) is 15.5. The number of hydrogen-bond donors (Lipinski definition) is 0. The molecule has 4 rings (SSSR count). The van der Waals surface area contributed by atoms with Crippen LogP contribution >= 0.6 is 15.8 Å². The zero-order valence-corrected chi connectivity index (χ0v) is 20.8. The molecule has 0 amide bonds. The molecule has 32 heavy (non-hydrogen) atoms. The molecule has 0 aromatic heterocycles. The lowest BCUT2D eigenvalue weighted by molar-refractivity contribution is 0.533. The fourth-order valence-corrected chi connectivity index (χ4v) is 9.25. The van der Waals surface area contributed by atoms with Gasteiger partial charge in [-0.1, -0.05) is 142 Å². The summed E-state index contributed by atoms with van der Waals surface area (Å²) in [5.41, 5.74) is 0.0432. The van der Waals surface area contributed by atoms with Crippen LogP contribution in [0.1, 0.15) is 20.8 Å². The Bertz CT molecular complexity index is 1050. The predicted octanol–water partition coefficient (Wildman–Crippen LogP) is 7.14.